The number of thiophene rings is 1. The maximum Gasteiger partial charge on any atom is 0.146 e. The number of fused-ring (bicyclic) bond motifs is 6. The lowest BCUT2D eigenvalue weighted by Gasteiger charge is -2.12. The van der Waals surface area contributed by atoms with Crippen molar-refractivity contribution in [3.8, 4) is 39.3 Å². The zero-order valence-corrected chi connectivity index (χ0v) is 24.5. The van der Waals surface area contributed by atoms with E-state index in [0.717, 1.165) is 55.7 Å². The van der Waals surface area contributed by atoms with Gasteiger partial charge in [0.1, 0.15) is 11.5 Å². The van der Waals surface area contributed by atoms with E-state index in [0.29, 0.717) is 0 Å². The fourth-order valence-corrected chi connectivity index (χ4v) is 7.41. The average Bonchev–Trinajstić information content (AvgIpc) is 3.64. The summed E-state index contributed by atoms with van der Waals surface area (Å²) >= 11 is 1.84. The Morgan fingerprint density at radius 2 is 1.14 bits per heavy atom. The van der Waals surface area contributed by atoms with E-state index < -0.39 is 0 Å². The minimum Gasteiger partial charge on any atom is -0.278 e. The van der Waals surface area contributed by atoms with Gasteiger partial charge in [0.2, 0.25) is 0 Å². The quantitative estimate of drug-likeness (QED) is 0.208. The van der Waals surface area contributed by atoms with Crippen molar-refractivity contribution in [2.24, 2.45) is 0 Å². The van der Waals surface area contributed by atoms with Crippen LogP contribution in [0, 0.1) is 0 Å². The Labute approximate surface area is 258 Å². The highest BCUT2D eigenvalue weighted by Gasteiger charge is 2.17. The second-order valence-corrected chi connectivity index (χ2v) is 12.2. The van der Waals surface area contributed by atoms with Gasteiger partial charge in [0, 0.05) is 48.3 Å². The third kappa shape index (κ3) is 4.03. The lowest BCUT2D eigenvalue weighted by molar-refractivity contribution is 1.06. The second-order valence-electron chi connectivity index (χ2n) is 11.1. The highest BCUT2D eigenvalue weighted by atomic mass is 32.1. The molecule has 4 aromatic heterocycles. The van der Waals surface area contributed by atoms with Gasteiger partial charge in [-0.25, -0.2) is 9.97 Å². The fourth-order valence-electron chi connectivity index (χ4n) is 6.32. The van der Waals surface area contributed by atoms with Crippen molar-refractivity contribution in [3.05, 3.63) is 152 Å². The summed E-state index contributed by atoms with van der Waals surface area (Å²) in [6, 6.07) is 51.5. The predicted molar refractivity (Wildman–Crippen MR) is 186 cm³/mol. The number of rotatable bonds is 4. The molecular formula is C40H25N3S. The largest absolute Gasteiger partial charge is 0.278 e. The lowest BCUT2D eigenvalue weighted by atomic mass is 10.0. The first-order chi connectivity index (χ1) is 21.8. The standard InChI is InChI=1S/C40H25N3S/c1-3-11-26(12-4-1)29-23-35(27-13-5-2-6-14-27)42-39(24-29)43-36-17-9-7-15-31(36)34-22-30(25-41-40(34)43)28-19-20-38-33(21-28)32-16-8-10-18-37(32)44-38/h1-25H. The van der Waals surface area contributed by atoms with Gasteiger partial charge in [0.25, 0.3) is 0 Å². The van der Waals surface area contributed by atoms with Crippen LogP contribution in [0.5, 0.6) is 0 Å². The molecule has 0 radical (unpaired) electrons. The van der Waals surface area contributed by atoms with Gasteiger partial charge in [-0.2, -0.15) is 0 Å². The van der Waals surface area contributed by atoms with E-state index >= 15 is 0 Å². The zero-order valence-electron chi connectivity index (χ0n) is 23.7. The third-order valence-corrected chi connectivity index (χ3v) is 9.59. The predicted octanol–water partition coefficient (Wildman–Crippen LogP) is 10.9. The van der Waals surface area contributed by atoms with Crippen LogP contribution in [0.3, 0.4) is 0 Å². The number of pyridine rings is 2. The van der Waals surface area contributed by atoms with E-state index in [1.54, 1.807) is 0 Å². The zero-order chi connectivity index (χ0) is 29.0. The summed E-state index contributed by atoms with van der Waals surface area (Å²) in [5.74, 6) is 0.850. The fraction of sp³-hybridized carbons (Fsp3) is 0. The summed E-state index contributed by atoms with van der Waals surface area (Å²) in [6.07, 6.45) is 2.01. The Morgan fingerprint density at radius 3 is 1.98 bits per heavy atom. The third-order valence-electron chi connectivity index (χ3n) is 8.44. The van der Waals surface area contributed by atoms with Gasteiger partial charge in [-0.1, -0.05) is 103 Å². The van der Waals surface area contributed by atoms with E-state index in [4.69, 9.17) is 9.97 Å². The molecule has 0 aliphatic carbocycles. The van der Waals surface area contributed by atoms with Crippen LogP contribution in [0.25, 0.3) is 81.4 Å². The van der Waals surface area contributed by atoms with E-state index in [1.807, 2.05) is 23.6 Å². The van der Waals surface area contributed by atoms with E-state index in [2.05, 4.69) is 144 Å². The maximum absolute atomic E-state index is 5.23. The highest BCUT2D eigenvalue weighted by molar-refractivity contribution is 7.25. The molecule has 44 heavy (non-hydrogen) atoms. The van der Waals surface area contributed by atoms with Crippen LogP contribution < -0.4 is 0 Å². The highest BCUT2D eigenvalue weighted by Crippen LogP contribution is 2.38. The molecule has 0 unspecified atom stereocenters. The molecule has 5 aromatic carbocycles. The van der Waals surface area contributed by atoms with Gasteiger partial charge in [0.15, 0.2) is 0 Å². The van der Waals surface area contributed by atoms with E-state index in [-0.39, 0.29) is 0 Å². The van der Waals surface area contributed by atoms with E-state index in [9.17, 15) is 0 Å². The molecule has 0 spiro atoms. The Kier molecular flexibility index (Phi) is 5.68. The molecular weight excluding hydrogens is 555 g/mol. The first kappa shape index (κ1) is 25.0. The molecule has 9 rings (SSSR count). The number of nitrogens with zero attached hydrogens (tertiary/aromatic N) is 3. The van der Waals surface area contributed by atoms with Crippen molar-refractivity contribution in [1.29, 1.82) is 0 Å². The molecule has 3 nitrogen and oxygen atoms in total. The van der Waals surface area contributed by atoms with Crippen LogP contribution in [-0.2, 0) is 0 Å². The van der Waals surface area contributed by atoms with Crippen LogP contribution in [0.2, 0.25) is 0 Å². The van der Waals surface area contributed by atoms with Gasteiger partial charge in [-0.3, -0.25) is 4.57 Å². The molecule has 0 saturated heterocycles. The molecule has 0 aliphatic heterocycles. The minimum absolute atomic E-state index is 0.850. The first-order valence-corrected chi connectivity index (χ1v) is 15.6. The van der Waals surface area contributed by atoms with Crippen molar-refractivity contribution in [2.75, 3.05) is 0 Å². The van der Waals surface area contributed by atoms with Gasteiger partial charge in [-0.05, 0) is 59.2 Å². The molecule has 0 amide bonds. The number of aromatic nitrogens is 3. The number of hydrogen-bond donors (Lipinski definition) is 0. The molecule has 0 N–H and O–H groups in total. The molecule has 4 heterocycles. The van der Waals surface area contributed by atoms with Crippen LogP contribution >= 0.6 is 11.3 Å². The molecule has 0 atom stereocenters. The minimum atomic E-state index is 0.850. The maximum atomic E-state index is 5.23. The normalized spacial score (nSPS) is 11.6. The summed E-state index contributed by atoms with van der Waals surface area (Å²) in [7, 11) is 0. The summed E-state index contributed by atoms with van der Waals surface area (Å²) in [5, 5.41) is 4.87. The first-order valence-electron chi connectivity index (χ1n) is 14.7. The van der Waals surface area contributed by atoms with Crippen LogP contribution in [0.4, 0.5) is 0 Å². The average molecular weight is 580 g/mol. The Balaban J connectivity index is 1.27. The van der Waals surface area contributed by atoms with Gasteiger partial charge < -0.3 is 0 Å². The molecule has 0 bridgehead atoms. The van der Waals surface area contributed by atoms with Crippen LogP contribution in [0.15, 0.2) is 152 Å². The molecule has 9 aromatic rings. The second kappa shape index (κ2) is 10.0. The van der Waals surface area contributed by atoms with Gasteiger partial charge in [-0.15, -0.1) is 11.3 Å². The van der Waals surface area contributed by atoms with Crippen molar-refractivity contribution in [3.63, 3.8) is 0 Å². The van der Waals surface area contributed by atoms with Crippen molar-refractivity contribution in [1.82, 2.24) is 14.5 Å². The summed E-state index contributed by atoms with van der Waals surface area (Å²) in [6.45, 7) is 0. The lowest BCUT2D eigenvalue weighted by Crippen LogP contribution is -2.01. The Bertz CT molecular complexity index is 2430. The summed E-state index contributed by atoms with van der Waals surface area (Å²) in [5.41, 5.74) is 8.54. The molecule has 0 aliphatic rings. The summed E-state index contributed by atoms with van der Waals surface area (Å²) < 4.78 is 4.83. The monoisotopic (exact) mass is 579 g/mol. The smallest absolute Gasteiger partial charge is 0.146 e. The SMILES string of the molecule is c1ccc(-c2cc(-c3ccccc3)nc(-n3c4ccccc4c4cc(-c5ccc6sc7ccccc7c6c5)cnc43)c2)cc1. The van der Waals surface area contributed by atoms with Crippen molar-refractivity contribution in [2.45, 2.75) is 0 Å². The van der Waals surface area contributed by atoms with Crippen LogP contribution in [0.1, 0.15) is 0 Å². The number of hydrogen-bond acceptors (Lipinski definition) is 3. The molecule has 206 valence electrons. The molecule has 0 saturated carbocycles. The Hall–Kier alpha value is -5.58. The van der Waals surface area contributed by atoms with Gasteiger partial charge in [0.05, 0.1) is 11.2 Å². The topological polar surface area (TPSA) is 30.7 Å². The van der Waals surface area contributed by atoms with E-state index in [1.165, 1.54) is 25.7 Å². The van der Waals surface area contributed by atoms with Crippen LogP contribution in [-0.4, -0.2) is 14.5 Å². The van der Waals surface area contributed by atoms with Crippen molar-refractivity contribution >= 4 is 53.4 Å². The summed E-state index contributed by atoms with van der Waals surface area (Å²) in [4.78, 5) is 10.4. The molecule has 0 fully saturated rings. The molecule has 4 heteroatoms. The van der Waals surface area contributed by atoms with Gasteiger partial charge >= 0.3 is 0 Å². The number of benzene rings is 5. The van der Waals surface area contributed by atoms with Crippen molar-refractivity contribution < 1.29 is 0 Å². The Morgan fingerprint density at radius 1 is 0.455 bits per heavy atom. The number of para-hydroxylation sites is 1.